The van der Waals surface area contributed by atoms with Crippen molar-refractivity contribution in [2.24, 2.45) is 5.92 Å². The molecule has 5 heteroatoms. The van der Waals surface area contributed by atoms with Crippen LogP contribution in [0.4, 0.5) is 11.8 Å². The van der Waals surface area contributed by atoms with Crippen LogP contribution in [0.5, 0.6) is 0 Å². The predicted octanol–water partition coefficient (Wildman–Crippen LogP) is 2.87. The Kier molecular flexibility index (Phi) is 5.18. The Balaban J connectivity index is 3.13. The van der Waals surface area contributed by atoms with Crippen LogP contribution in [0, 0.1) is 5.92 Å². The van der Waals surface area contributed by atoms with Crippen molar-refractivity contribution in [2.45, 2.75) is 34.1 Å². The van der Waals surface area contributed by atoms with Crippen LogP contribution in [0.2, 0.25) is 0 Å². The Morgan fingerprint density at radius 1 is 1.24 bits per heavy atom. The second-order valence-electron chi connectivity index (χ2n) is 4.44. The first kappa shape index (κ1) is 14.2. The van der Waals surface area contributed by atoms with Crippen LogP contribution in [0.3, 0.4) is 0 Å². The summed E-state index contributed by atoms with van der Waals surface area (Å²) in [4.78, 5) is 11.0. The van der Waals surface area contributed by atoms with E-state index in [-0.39, 0.29) is 0 Å². The van der Waals surface area contributed by atoms with Crippen molar-refractivity contribution in [2.75, 3.05) is 23.7 Å². The minimum atomic E-state index is 0.526. The first-order valence-corrected chi connectivity index (χ1v) is 6.85. The van der Waals surface area contributed by atoms with E-state index in [1.807, 2.05) is 0 Å². The average Bonchev–Trinajstić information content (AvgIpc) is 2.26. The van der Waals surface area contributed by atoms with Crippen molar-refractivity contribution < 1.29 is 0 Å². The predicted molar refractivity (Wildman–Crippen MR) is 76.2 cm³/mol. The van der Waals surface area contributed by atoms with Gasteiger partial charge in [-0.15, -0.1) is 0 Å². The highest BCUT2D eigenvalue weighted by molar-refractivity contribution is 9.10. The minimum absolute atomic E-state index is 0.526. The molecule has 0 unspecified atom stereocenters. The molecule has 0 aliphatic carbocycles. The van der Waals surface area contributed by atoms with Crippen LogP contribution in [0.15, 0.2) is 4.47 Å². The number of nitrogens with two attached hydrogens (primary N) is 1. The van der Waals surface area contributed by atoms with E-state index in [2.05, 4.69) is 58.5 Å². The lowest BCUT2D eigenvalue weighted by molar-refractivity contribution is 0.630. The van der Waals surface area contributed by atoms with Crippen molar-refractivity contribution in [1.82, 2.24) is 9.97 Å². The summed E-state index contributed by atoms with van der Waals surface area (Å²) >= 11 is 3.47. The molecule has 0 aliphatic heterocycles. The van der Waals surface area contributed by atoms with Gasteiger partial charge in [-0.2, -0.15) is 4.98 Å². The SMILES string of the molecule is CCN(CC)c1nc(N)c(Br)c(CC(C)C)n1. The zero-order valence-corrected chi connectivity index (χ0v) is 12.6. The fourth-order valence-corrected chi connectivity index (χ4v) is 2.01. The quantitative estimate of drug-likeness (QED) is 0.908. The lowest BCUT2D eigenvalue weighted by atomic mass is 10.1. The smallest absolute Gasteiger partial charge is 0.227 e. The molecule has 0 saturated heterocycles. The van der Waals surface area contributed by atoms with E-state index in [9.17, 15) is 0 Å². The number of rotatable bonds is 5. The number of nitrogen functional groups attached to an aromatic ring is 1. The Labute approximate surface area is 112 Å². The molecule has 1 heterocycles. The standard InChI is InChI=1S/C12H21BrN4/c1-5-17(6-2)12-15-9(7-8(3)4)10(13)11(14)16-12/h8H,5-7H2,1-4H3,(H2,14,15,16). The molecule has 0 bridgehead atoms. The van der Waals surface area contributed by atoms with E-state index < -0.39 is 0 Å². The number of halogens is 1. The number of hydrogen-bond acceptors (Lipinski definition) is 4. The molecule has 0 spiro atoms. The molecule has 1 aromatic rings. The summed E-state index contributed by atoms with van der Waals surface area (Å²) in [6, 6.07) is 0. The third-order valence-corrected chi connectivity index (χ3v) is 3.45. The number of aromatic nitrogens is 2. The molecule has 2 N–H and O–H groups in total. The van der Waals surface area contributed by atoms with E-state index in [0.29, 0.717) is 11.7 Å². The highest BCUT2D eigenvalue weighted by Crippen LogP contribution is 2.25. The molecule has 17 heavy (non-hydrogen) atoms. The minimum Gasteiger partial charge on any atom is -0.383 e. The Hall–Kier alpha value is -0.840. The van der Waals surface area contributed by atoms with Crippen molar-refractivity contribution in [3.63, 3.8) is 0 Å². The number of anilines is 2. The van der Waals surface area contributed by atoms with Crippen LogP contribution in [-0.4, -0.2) is 23.1 Å². The van der Waals surface area contributed by atoms with Gasteiger partial charge in [-0.05, 0) is 42.1 Å². The van der Waals surface area contributed by atoms with Gasteiger partial charge in [0.15, 0.2) is 0 Å². The molecule has 0 aromatic carbocycles. The van der Waals surface area contributed by atoms with E-state index in [0.717, 1.165) is 35.6 Å². The largest absolute Gasteiger partial charge is 0.383 e. The fourth-order valence-electron chi connectivity index (χ4n) is 1.67. The lowest BCUT2D eigenvalue weighted by Crippen LogP contribution is -2.25. The van der Waals surface area contributed by atoms with Gasteiger partial charge in [0.25, 0.3) is 0 Å². The molecule has 0 radical (unpaired) electrons. The van der Waals surface area contributed by atoms with Gasteiger partial charge in [-0.1, -0.05) is 13.8 Å². The fraction of sp³-hybridized carbons (Fsp3) is 0.667. The lowest BCUT2D eigenvalue weighted by Gasteiger charge is -2.20. The molecular formula is C12H21BrN4. The van der Waals surface area contributed by atoms with Gasteiger partial charge >= 0.3 is 0 Å². The van der Waals surface area contributed by atoms with Crippen LogP contribution in [0.1, 0.15) is 33.4 Å². The summed E-state index contributed by atoms with van der Waals surface area (Å²) in [7, 11) is 0. The zero-order chi connectivity index (χ0) is 13.0. The van der Waals surface area contributed by atoms with E-state index in [4.69, 9.17) is 5.73 Å². The number of nitrogens with zero attached hydrogens (tertiary/aromatic N) is 3. The molecule has 96 valence electrons. The van der Waals surface area contributed by atoms with E-state index in [1.54, 1.807) is 0 Å². The van der Waals surface area contributed by atoms with Crippen LogP contribution in [0.25, 0.3) is 0 Å². The Bertz CT molecular complexity index is 375. The summed E-state index contributed by atoms with van der Waals surface area (Å²) < 4.78 is 0.835. The summed E-state index contributed by atoms with van der Waals surface area (Å²) in [6.45, 7) is 10.3. The van der Waals surface area contributed by atoms with Gasteiger partial charge in [0, 0.05) is 13.1 Å². The first-order chi connectivity index (χ1) is 7.99. The molecule has 0 amide bonds. The third kappa shape index (κ3) is 3.56. The highest BCUT2D eigenvalue weighted by Gasteiger charge is 2.14. The molecule has 4 nitrogen and oxygen atoms in total. The van der Waals surface area contributed by atoms with Gasteiger partial charge in [-0.3, -0.25) is 0 Å². The summed E-state index contributed by atoms with van der Waals surface area (Å²) in [5, 5.41) is 0. The molecular weight excluding hydrogens is 280 g/mol. The second-order valence-corrected chi connectivity index (χ2v) is 5.23. The van der Waals surface area contributed by atoms with Gasteiger partial charge in [0.05, 0.1) is 10.2 Å². The van der Waals surface area contributed by atoms with Crippen molar-refractivity contribution in [1.29, 1.82) is 0 Å². The van der Waals surface area contributed by atoms with Crippen LogP contribution in [-0.2, 0) is 6.42 Å². The molecule has 0 aliphatic rings. The van der Waals surface area contributed by atoms with Gasteiger partial charge < -0.3 is 10.6 Å². The molecule has 0 saturated carbocycles. The topological polar surface area (TPSA) is 55.0 Å². The van der Waals surface area contributed by atoms with Gasteiger partial charge in [-0.25, -0.2) is 4.98 Å². The van der Waals surface area contributed by atoms with Crippen molar-refractivity contribution in [3.05, 3.63) is 10.2 Å². The molecule has 0 fully saturated rings. The summed E-state index contributed by atoms with van der Waals surface area (Å²) in [5.41, 5.74) is 6.91. The maximum atomic E-state index is 5.92. The maximum Gasteiger partial charge on any atom is 0.227 e. The normalized spacial score (nSPS) is 10.9. The van der Waals surface area contributed by atoms with E-state index >= 15 is 0 Å². The van der Waals surface area contributed by atoms with Gasteiger partial charge in [0.1, 0.15) is 5.82 Å². The molecule has 1 aromatic heterocycles. The molecule has 0 atom stereocenters. The highest BCUT2D eigenvalue weighted by atomic mass is 79.9. The van der Waals surface area contributed by atoms with E-state index in [1.165, 1.54) is 0 Å². The van der Waals surface area contributed by atoms with Crippen LogP contribution >= 0.6 is 15.9 Å². The Morgan fingerprint density at radius 2 is 1.82 bits per heavy atom. The Morgan fingerprint density at radius 3 is 2.29 bits per heavy atom. The average molecular weight is 301 g/mol. The number of hydrogen-bond donors (Lipinski definition) is 1. The van der Waals surface area contributed by atoms with Crippen molar-refractivity contribution >= 4 is 27.7 Å². The summed E-state index contributed by atoms with van der Waals surface area (Å²) in [6.07, 6.45) is 0.904. The summed E-state index contributed by atoms with van der Waals surface area (Å²) in [5.74, 6) is 1.80. The van der Waals surface area contributed by atoms with Gasteiger partial charge in [0.2, 0.25) is 5.95 Å². The third-order valence-electron chi connectivity index (χ3n) is 2.58. The molecule has 1 rings (SSSR count). The first-order valence-electron chi connectivity index (χ1n) is 6.06. The van der Waals surface area contributed by atoms with Crippen LogP contribution < -0.4 is 10.6 Å². The monoisotopic (exact) mass is 300 g/mol. The maximum absolute atomic E-state index is 5.92. The van der Waals surface area contributed by atoms with Crippen molar-refractivity contribution in [3.8, 4) is 0 Å². The zero-order valence-electron chi connectivity index (χ0n) is 11.0. The second kappa shape index (κ2) is 6.19.